The molecule has 0 aromatic heterocycles. The first kappa shape index (κ1) is 19.0. The van der Waals surface area contributed by atoms with Crippen LogP contribution in [0.2, 0.25) is 12.1 Å². The van der Waals surface area contributed by atoms with Crippen molar-refractivity contribution in [1.82, 2.24) is 0 Å². The van der Waals surface area contributed by atoms with Gasteiger partial charge in [0.05, 0.1) is 4.90 Å². The van der Waals surface area contributed by atoms with Crippen LogP contribution in [0.3, 0.4) is 0 Å². The van der Waals surface area contributed by atoms with E-state index in [2.05, 4.69) is 6.92 Å². The van der Waals surface area contributed by atoms with Gasteiger partial charge in [0.1, 0.15) is 0 Å². The van der Waals surface area contributed by atoms with Crippen LogP contribution in [0.1, 0.15) is 19.8 Å². The zero-order valence-corrected chi connectivity index (χ0v) is 15.1. The van der Waals surface area contributed by atoms with Crippen molar-refractivity contribution in [2.45, 2.75) is 42.3 Å². The summed E-state index contributed by atoms with van der Waals surface area (Å²) in [5.41, 5.74) is -4.54. The summed E-state index contributed by atoms with van der Waals surface area (Å²) >= 11 is 0. The van der Waals surface area contributed by atoms with Gasteiger partial charge in [-0.15, -0.1) is 0 Å². The summed E-state index contributed by atoms with van der Waals surface area (Å²) in [6, 6.07) is 7.46. The van der Waals surface area contributed by atoms with Crippen molar-refractivity contribution in [3.8, 4) is 0 Å². The Kier molecular flexibility index (Phi) is 6.92. The van der Waals surface area contributed by atoms with E-state index in [0.29, 0.717) is 0 Å². The fourth-order valence-electron chi connectivity index (χ4n) is 2.10. The molecule has 1 rings (SSSR count). The number of halogens is 3. The molecule has 0 fully saturated rings. The van der Waals surface area contributed by atoms with E-state index in [4.69, 9.17) is 0 Å². The van der Waals surface area contributed by atoms with E-state index in [1.807, 2.05) is 11.9 Å². The Morgan fingerprint density at radius 1 is 1.14 bits per heavy atom. The molecule has 0 amide bonds. The molecule has 0 aliphatic rings. The van der Waals surface area contributed by atoms with Crippen molar-refractivity contribution in [2.75, 3.05) is 18.5 Å². The maximum atomic E-state index is 12.5. The van der Waals surface area contributed by atoms with E-state index < -0.39 is 20.2 Å². The molecule has 22 heavy (non-hydrogen) atoms. The molecule has 0 unspecified atom stereocenters. The third kappa shape index (κ3) is 5.01. The van der Waals surface area contributed by atoms with Gasteiger partial charge in [-0.3, -0.25) is 0 Å². The van der Waals surface area contributed by atoms with Crippen LogP contribution in [0.5, 0.6) is 0 Å². The van der Waals surface area contributed by atoms with E-state index in [9.17, 15) is 21.6 Å². The summed E-state index contributed by atoms with van der Waals surface area (Å²) in [7, 11) is -3.39. The minimum atomic E-state index is -5.26. The number of alkyl halides is 3. The number of rotatable bonds is 8. The molecule has 0 atom stereocenters. The first-order valence-electron chi connectivity index (χ1n) is 7.32. The fraction of sp³-hybridized carbons (Fsp3) is 0.571. The van der Waals surface area contributed by atoms with Crippen molar-refractivity contribution in [3.63, 3.8) is 0 Å². The van der Waals surface area contributed by atoms with E-state index in [-0.39, 0.29) is 9.52 Å². The van der Waals surface area contributed by atoms with Gasteiger partial charge in [0.15, 0.2) is 0 Å². The summed E-state index contributed by atoms with van der Waals surface area (Å²) in [5, 5.41) is 0. The average molecular weight is 353 g/mol. The van der Waals surface area contributed by atoms with E-state index in [1.54, 1.807) is 0 Å². The van der Waals surface area contributed by atoms with E-state index >= 15 is 0 Å². The molecule has 1 aromatic carbocycles. The average Bonchev–Trinajstić information content (AvgIpc) is 2.46. The molecule has 0 radical (unpaired) electrons. The zero-order chi connectivity index (χ0) is 16.8. The van der Waals surface area contributed by atoms with Crippen molar-refractivity contribution in [3.05, 3.63) is 24.3 Å². The fourth-order valence-corrected chi connectivity index (χ4v) is 4.29. The molecule has 0 bridgehead atoms. The van der Waals surface area contributed by atoms with Crippen LogP contribution in [0.25, 0.3) is 0 Å². The van der Waals surface area contributed by atoms with Crippen LogP contribution >= 0.6 is 0 Å². The largest absolute Gasteiger partial charge is 0.501 e. The van der Waals surface area contributed by atoms with Crippen LogP contribution in [0, 0.1) is 0 Å². The number of benzene rings is 1. The molecule has 0 aliphatic heterocycles. The second kappa shape index (κ2) is 8.01. The van der Waals surface area contributed by atoms with Gasteiger partial charge in [0.25, 0.3) is 9.84 Å². The summed E-state index contributed by atoms with van der Waals surface area (Å²) in [4.78, 5) is 1.22. The molecule has 3 nitrogen and oxygen atoms in total. The predicted molar refractivity (Wildman–Crippen MR) is 86.0 cm³/mol. The van der Waals surface area contributed by atoms with Crippen molar-refractivity contribution >= 4 is 25.0 Å². The van der Waals surface area contributed by atoms with Crippen LogP contribution in [0.15, 0.2) is 29.2 Å². The lowest BCUT2D eigenvalue weighted by Gasteiger charge is -2.19. The quantitative estimate of drug-likeness (QED) is 0.532. The molecule has 0 spiro atoms. The lowest BCUT2D eigenvalue weighted by atomic mass is 10.3. The summed E-state index contributed by atoms with van der Waals surface area (Å²) in [6.45, 7) is 3.00. The Hall–Kier alpha value is -1.02. The Morgan fingerprint density at radius 2 is 1.73 bits per heavy atom. The second-order valence-corrected chi connectivity index (χ2v) is 9.34. The summed E-state index contributed by atoms with van der Waals surface area (Å²) < 4.78 is 59.9. The predicted octanol–water partition coefficient (Wildman–Crippen LogP) is 3.22. The molecular weight excluding hydrogens is 331 g/mol. The van der Waals surface area contributed by atoms with Crippen molar-refractivity contribution < 1.29 is 21.6 Å². The molecular formula is C14H22F3NO2SSi. The zero-order valence-electron chi connectivity index (χ0n) is 12.9. The monoisotopic (exact) mass is 353 g/mol. The van der Waals surface area contributed by atoms with E-state index in [1.165, 1.54) is 30.6 Å². The molecule has 0 saturated heterocycles. The van der Waals surface area contributed by atoms with E-state index in [0.717, 1.165) is 30.8 Å². The highest BCUT2D eigenvalue weighted by Crippen LogP contribution is 2.31. The van der Waals surface area contributed by atoms with Crippen LogP contribution in [-0.2, 0) is 9.84 Å². The molecule has 0 saturated carbocycles. The van der Waals surface area contributed by atoms with Crippen molar-refractivity contribution in [2.24, 2.45) is 0 Å². The van der Waals surface area contributed by atoms with Crippen molar-refractivity contribution in [1.29, 1.82) is 0 Å². The Balaban J connectivity index is 2.65. The SMILES string of the molecule is CCC[SiH2]CCCN(C)c1ccc(S(=O)(=O)C(F)(F)F)cc1. The van der Waals surface area contributed by atoms with Gasteiger partial charge in [-0.25, -0.2) is 8.42 Å². The first-order valence-corrected chi connectivity index (χ1v) is 10.8. The molecule has 1 aromatic rings. The number of hydrogen-bond donors (Lipinski definition) is 0. The molecule has 0 aliphatic carbocycles. The minimum Gasteiger partial charge on any atom is -0.375 e. The van der Waals surface area contributed by atoms with Crippen LogP contribution in [0.4, 0.5) is 18.9 Å². The van der Waals surface area contributed by atoms with Gasteiger partial charge in [-0.1, -0.05) is 25.4 Å². The lowest BCUT2D eigenvalue weighted by molar-refractivity contribution is -0.0436. The van der Waals surface area contributed by atoms with Gasteiger partial charge in [0, 0.05) is 28.8 Å². The molecule has 0 N–H and O–H groups in total. The highest BCUT2D eigenvalue weighted by atomic mass is 32.2. The second-order valence-electron chi connectivity index (χ2n) is 5.28. The highest BCUT2D eigenvalue weighted by molar-refractivity contribution is 7.92. The minimum absolute atomic E-state index is 0.0166. The normalized spacial score (nSPS) is 13.0. The Labute approximate surface area is 132 Å². The first-order chi connectivity index (χ1) is 10.2. The van der Waals surface area contributed by atoms with Crippen LogP contribution in [-0.4, -0.2) is 37.0 Å². The Bertz CT molecular complexity index is 558. The van der Waals surface area contributed by atoms with Crippen LogP contribution < -0.4 is 4.90 Å². The van der Waals surface area contributed by atoms with Gasteiger partial charge in [-0.05, 0) is 30.7 Å². The smallest absolute Gasteiger partial charge is 0.375 e. The maximum Gasteiger partial charge on any atom is 0.501 e. The van der Waals surface area contributed by atoms with Gasteiger partial charge in [-0.2, -0.15) is 13.2 Å². The third-order valence-corrected chi connectivity index (χ3v) is 7.20. The van der Waals surface area contributed by atoms with Gasteiger partial charge in [0.2, 0.25) is 0 Å². The summed E-state index contributed by atoms with van der Waals surface area (Å²) in [6.07, 6.45) is 2.29. The molecule has 126 valence electrons. The van der Waals surface area contributed by atoms with Gasteiger partial charge < -0.3 is 4.90 Å². The van der Waals surface area contributed by atoms with Gasteiger partial charge >= 0.3 is 5.51 Å². The molecule has 0 heterocycles. The maximum absolute atomic E-state index is 12.5. The third-order valence-electron chi connectivity index (χ3n) is 3.49. The lowest BCUT2D eigenvalue weighted by Crippen LogP contribution is -2.23. The highest BCUT2D eigenvalue weighted by Gasteiger charge is 2.46. The Morgan fingerprint density at radius 3 is 2.23 bits per heavy atom. The molecule has 8 heteroatoms. The topological polar surface area (TPSA) is 37.4 Å². The standard InChI is InChI=1S/C14H22F3NO2SSi/c1-3-10-22-11-4-9-18(2)12-5-7-13(8-6-12)21(19,20)14(15,16)17/h5-8H,3-4,9-11,22H2,1-2H3. The number of sulfone groups is 1. The number of nitrogens with zero attached hydrogens (tertiary/aromatic N) is 1. The number of anilines is 1. The number of hydrogen-bond acceptors (Lipinski definition) is 3. The summed E-state index contributed by atoms with van der Waals surface area (Å²) in [5.74, 6) is 0.